The molecule has 0 saturated heterocycles. The number of nitrogens with zero attached hydrogens (tertiary/aromatic N) is 1. The highest BCUT2D eigenvalue weighted by molar-refractivity contribution is 5.93. The van der Waals surface area contributed by atoms with Crippen molar-refractivity contribution in [1.29, 1.82) is 0 Å². The smallest absolute Gasteiger partial charge is 0.251 e. The number of pyridine rings is 1. The molecular formula is C11H11N3O3. The Bertz CT molecular complexity index is 585. The highest BCUT2D eigenvalue weighted by atomic mass is 16.5. The van der Waals surface area contributed by atoms with E-state index < -0.39 is 0 Å². The van der Waals surface area contributed by atoms with Crippen molar-refractivity contribution in [2.75, 3.05) is 0 Å². The normalized spacial score (nSPS) is 10.2. The summed E-state index contributed by atoms with van der Waals surface area (Å²) in [5.41, 5.74) is 0.643. The summed E-state index contributed by atoms with van der Waals surface area (Å²) in [6.45, 7) is 2.04. The van der Waals surface area contributed by atoms with Crippen molar-refractivity contribution in [1.82, 2.24) is 15.5 Å². The molecule has 0 aliphatic carbocycles. The van der Waals surface area contributed by atoms with Crippen molar-refractivity contribution in [2.45, 2.75) is 13.5 Å². The minimum Gasteiger partial charge on any atom is -0.361 e. The molecule has 2 aromatic heterocycles. The van der Waals surface area contributed by atoms with Gasteiger partial charge < -0.3 is 14.8 Å². The molecule has 0 unspecified atom stereocenters. The average molecular weight is 233 g/mol. The third kappa shape index (κ3) is 2.81. The van der Waals surface area contributed by atoms with Crippen LogP contribution in [0, 0.1) is 6.92 Å². The first-order chi connectivity index (χ1) is 8.15. The summed E-state index contributed by atoms with van der Waals surface area (Å²) in [5.74, 6) is 0.363. The molecule has 17 heavy (non-hydrogen) atoms. The minimum atomic E-state index is -0.322. The maximum absolute atomic E-state index is 11.7. The van der Waals surface area contributed by atoms with Crippen LogP contribution in [0.2, 0.25) is 0 Å². The number of aromatic amines is 1. The standard InChI is InChI=1S/C11H11N3O3/c1-7-4-9(14-17-7)6-13-11(16)8-2-3-12-10(15)5-8/h2-5H,6H2,1H3,(H,12,15)(H,13,16). The zero-order chi connectivity index (χ0) is 12.3. The molecule has 0 bridgehead atoms. The van der Waals surface area contributed by atoms with Crippen LogP contribution in [-0.4, -0.2) is 16.0 Å². The topological polar surface area (TPSA) is 88.0 Å². The molecule has 0 radical (unpaired) electrons. The fourth-order valence-corrected chi connectivity index (χ4v) is 1.36. The number of carbonyl (C=O) groups is 1. The lowest BCUT2D eigenvalue weighted by molar-refractivity contribution is 0.0950. The van der Waals surface area contributed by atoms with Crippen molar-refractivity contribution in [3.8, 4) is 0 Å². The second kappa shape index (κ2) is 4.65. The maximum Gasteiger partial charge on any atom is 0.251 e. The Morgan fingerprint density at radius 3 is 3.00 bits per heavy atom. The predicted molar refractivity (Wildman–Crippen MR) is 59.5 cm³/mol. The molecule has 88 valence electrons. The summed E-state index contributed by atoms with van der Waals surface area (Å²) < 4.78 is 4.87. The monoisotopic (exact) mass is 233 g/mol. The van der Waals surface area contributed by atoms with Crippen molar-refractivity contribution in [3.05, 3.63) is 51.8 Å². The van der Waals surface area contributed by atoms with Crippen LogP contribution in [0.25, 0.3) is 0 Å². The Balaban J connectivity index is 2.00. The average Bonchev–Trinajstić information content (AvgIpc) is 2.72. The van der Waals surface area contributed by atoms with Crippen LogP contribution < -0.4 is 10.9 Å². The molecule has 6 heteroatoms. The molecule has 1 amide bonds. The van der Waals surface area contributed by atoms with Gasteiger partial charge in [-0.15, -0.1) is 0 Å². The highest BCUT2D eigenvalue weighted by Gasteiger charge is 2.07. The molecule has 2 aromatic rings. The summed E-state index contributed by atoms with van der Waals surface area (Å²) in [7, 11) is 0. The number of aryl methyl sites for hydroxylation is 1. The third-order valence-corrected chi connectivity index (χ3v) is 2.14. The third-order valence-electron chi connectivity index (χ3n) is 2.14. The first-order valence-electron chi connectivity index (χ1n) is 5.04. The molecule has 2 N–H and O–H groups in total. The molecule has 2 heterocycles. The maximum atomic E-state index is 11.7. The van der Waals surface area contributed by atoms with Crippen LogP contribution in [0.3, 0.4) is 0 Å². The summed E-state index contributed by atoms with van der Waals surface area (Å²) in [4.78, 5) is 25.1. The van der Waals surface area contributed by atoms with Gasteiger partial charge in [0.1, 0.15) is 11.5 Å². The van der Waals surface area contributed by atoms with Gasteiger partial charge in [0.05, 0.1) is 6.54 Å². The Morgan fingerprint density at radius 1 is 1.53 bits per heavy atom. The quantitative estimate of drug-likeness (QED) is 0.812. The zero-order valence-electron chi connectivity index (χ0n) is 9.19. The van der Waals surface area contributed by atoms with Crippen LogP contribution >= 0.6 is 0 Å². The van der Waals surface area contributed by atoms with Crippen molar-refractivity contribution in [3.63, 3.8) is 0 Å². The van der Waals surface area contributed by atoms with E-state index in [0.717, 1.165) is 0 Å². The van der Waals surface area contributed by atoms with Gasteiger partial charge in [0.25, 0.3) is 5.91 Å². The summed E-state index contributed by atoms with van der Waals surface area (Å²) in [6, 6.07) is 4.51. The molecule has 0 fully saturated rings. The molecule has 0 aliphatic heterocycles. The van der Waals surface area contributed by atoms with Gasteiger partial charge in [-0.2, -0.15) is 0 Å². The molecule has 2 rings (SSSR count). The van der Waals surface area contributed by atoms with Crippen molar-refractivity contribution >= 4 is 5.91 Å². The fraction of sp³-hybridized carbons (Fsp3) is 0.182. The highest BCUT2D eigenvalue weighted by Crippen LogP contribution is 2.01. The lowest BCUT2D eigenvalue weighted by atomic mass is 10.2. The molecular weight excluding hydrogens is 222 g/mol. The molecule has 0 aliphatic rings. The van der Waals surface area contributed by atoms with E-state index in [1.807, 2.05) is 0 Å². The molecule has 0 aromatic carbocycles. The number of carbonyl (C=O) groups excluding carboxylic acids is 1. The van der Waals surface area contributed by atoms with E-state index in [0.29, 0.717) is 17.0 Å². The number of nitrogens with one attached hydrogen (secondary N) is 2. The number of hydrogen-bond donors (Lipinski definition) is 2. The second-order valence-corrected chi connectivity index (χ2v) is 3.55. The Kier molecular flexibility index (Phi) is 3.04. The van der Waals surface area contributed by atoms with Gasteiger partial charge in [-0.3, -0.25) is 9.59 Å². The van der Waals surface area contributed by atoms with E-state index in [1.54, 1.807) is 13.0 Å². The van der Waals surface area contributed by atoms with Gasteiger partial charge in [0.2, 0.25) is 5.56 Å². The van der Waals surface area contributed by atoms with E-state index in [9.17, 15) is 9.59 Å². The van der Waals surface area contributed by atoms with Crippen molar-refractivity contribution in [2.24, 2.45) is 0 Å². The number of rotatable bonds is 3. The van der Waals surface area contributed by atoms with Crippen LogP contribution in [0.1, 0.15) is 21.8 Å². The van der Waals surface area contributed by atoms with E-state index in [2.05, 4.69) is 15.5 Å². The van der Waals surface area contributed by atoms with E-state index in [-0.39, 0.29) is 18.0 Å². The van der Waals surface area contributed by atoms with Gasteiger partial charge in [0.15, 0.2) is 0 Å². The van der Waals surface area contributed by atoms with E-state index in [4.69, 9.17) is 4.52 Å². The van der Waals surface area contributed by atoms with Crippen LogP contribution in [0.4, 0.5) is 0 Å². The molecule has 0 atom stereocenters. The lowest BCUT2D eigenvalue weighted by Crippen LogP contribution is -2.24. The Morgan fingerprint density at radius 2 is 2.35 bits per heavy atom. The first-order valence-corrected chi connectivity index (χ1v) is 5.04. The van der Waals surface area contributed by atoms with Gasteiger partial charge in [0, 0.05) is 23.9 Å². The Hall–Kier alpha value is -2.37. The summed E-state index contributed by atoms with van der Waals surface area (Å²) in [5, 5.41) is 6.38. The molecule has 6 nitrogen and oxygen atoms in total. The fourth-order valence-electron chi connectivity index (χ4n) is 1.36. The van der Waals surface area contributed by atoms with Gasteiger partial charge in [-0.1, -0.05) is 5.16 Å². The number of hydrogen-bond acceptors (Lipinski definition) is 4. The van der Waals surface area contributed by atoms with Crippen LogP contribution in [0.5, 0.6) is 0 Å². The molecule has 0 saturated carbocycles. The zero-order valence-corrected chi connectivity index (χ0v) is 9.19. The van der Waals surface area contributed by atoms with Crippen LogP contribution in [0.15, 0.2) is 33.7 Å². The summed E-state index contributed by atoms with van der Waals surface area (Å²) in [6.07, 6.45) is 1.43. The molecule has 0 spiro atoms. The van der Waals surface area contributed by atoms with Gasteiger partial charge >= 0.3 is 0 Å². The second-order valence-electron chi connectivity index (χ2n) is 3.55. The SMILES string of the molecule is Cc1cc(CNC(=O)c2cc[nH]c(=O)c2)no1. The number of H-pyrrole nitrogens is 1. The predicted octanol–water partition coefficient (Wildman–Crippen LogP) is 0.601. The van der Waals surface area contributed by atoms with Crippen molar-refractivity contribution < 1.29 is 9.32 Å². The largest absolute Gasteiger partial charge is 0.361 e. The van der Waals surface area contributed by atoms with E-state index in [1.165, 1.54) is 18.3 Å². The first kappa shape index (κ1) is 11.1. The number of amides is 1. The Labute approximate surface area is 96.6 Å². The van der Waals surface area contributed by atoms with Gasteiger partial charge in [-0.05, 0) is 13.0 Å². The van der Waals surface area contributed by atoms with Gasteiger partial charge in [-0.25, -0.2) is 0 Å². The number of aromatic nitrogens is 2. The van der Waals surface area contributed by atoms with E-state index >= 15 is 0 Å². The lowest BCUT2D eigenvalue weighted by Gasteiger charge is -2.01. The minimum absolute atomic E-state index is 0.267. The van der Waals surface area contributed by atoms with Crippen LogP contribution in [-0.2, 0) is 6.54 Å². The summed E-state index contributed by atoms with van der Waals surface area (Å²) >= 11 is 0.